The number of hydrogen-bond donors (Lipinski definition) is 1. The van der Waals surface area contributed by atoms with Crippen molar-refractivity contribution in [2.24, 2.45) is 0 Å². The highest BCUT2D eigenvalue weighted by Gasteiger charge is 2.26. The van der Waals surface area contributed by atoms with Gasteiger partial charge in [-0.25, -0.2) is 0 Å². The summed E-state index contributed by atoms with van der Waals surface area (Å²) in [5.74, 6) is -0.357. The molecule has 27 heavy (non-hydrogen) atoms. The molecule has 2 aromatic rings. The summed E-state index contributed by atoms with van der Waals surface area (Å²) in [5, 5.41) is 3.26. The van der Waals surface area contributed by atoms with Gasteiger partial charge in [0.25, 0.3) is 11.8 Å². The lowest BCUT2D eigenvalue weighted by molar-refractivity contribution is 0.0636. The maximum atomic E-state index is 13.1. The molecule has 4 nitrogen and oxygen atoms in total. The van der Waals surface area contributed by atoms with Crippen molar-refractivity contribution in [2.75, 3.05) is 18.1 Å². The zero-order chi connectivity index (χ0) is 19.4. The highest BCUT2D eigenvalue weighted by Crippen LogP contribution is 2.26. The van der Waals surface area contributed by atoms with Crippen LogP contribution in [-0.2, 0) is 0 Å². The number of nitrogens with zero attached hydrogens (tertiary/aromatic N) is 1. The Kier molecular flexibility index (Phi) is 6.45. The second-order valence-corrected chi connectivity index (χ2v) is 7.98. The average molecular weight is 403 g/mol. The van der Waals surface area contributed by atoms with E-state index in [1.807, 2.05) is 29.4 Å². The van der Waals surface area contributed by atoms with Crippen molar-refractivity contribution in [1.82, 2.24) is 4.90 Å². The summed E-state index contributed by atoms with van der Waals surface area (Å²) in [4.78, 5) is 28.7. The molecule has 142 valence electrons. The molecule has 1 N–H and O–H groups in total. The number of carbonyl (C=O) groups is 2. The van der Waals surface area contributed by atoms with E-state index in [4.69, 9.17) is 11.6 Å². The van der Waals surface area contributed by atoms with Crippen molar-refractivity contribution in [3.63, 3.8) is 0 Å². The molecule has 1 aliphatic rings. The Labute approximate surface area is 169 Å². The van der Waals surface area contributed by atoms with Gasteiger partial charge in [-0.05, 0) is 62.8 Å². The standard InChI is InChI=1S/C21H23ClN2O2S/c1-14-7-5-6-12-24(14)21(26)16-8-3-4-9-19(16)23-20(25)17-13-15(27-2)10-11-18(17)22/h3-4,8-11,13-14H,5-7,12H2,1-2H3,(H,23,25). The van der Waals surface area contributed by atoms with Gasteiger partial charge in [0, 0.05) is 17.5 Å². The van der Waals surface area contributed by atoms with E-state index in [1.165, 1.54) is 0 Å². The Bertz CT molecular complexity index is 856. The van der Waals surface area contributed by atoms with Crippen LogP contribution in [0.1, 0.15) is 46.9 Å². The molecule has 0 spiro atoms. The van der Waals surface area contributed by atoms with Crippen molar-refractivity contribution >= 4 is 40.9 Å². The lowest BCUT2D eigenvalue weighted by Gasteiger charge is -2.34. The molecule has 0 saturated carbocycles. The van der Waals surface area contributed by atoms with Crippen LogP contribution in [0, 0.1) is 0 Å². The number of piperidine rings is 1. The minimum Gasteiger partial charge on any atom is -0.336 e. The summed E-state index contributed by atoms with van der Waals surface area (Å²) in [5.41, 5.74) is 1.42. The number of amides is 2. The fraction of sp³-hybridized carbons (Fsp3) is 0.333. The van der Waals surface area contributed by atoms with Gasteiger partial charge in [0.2, 0.25) is 0 Å². The Balaban J connectivity index is 1.86. The van der Waals surface area contributed by atoms with E-state index in [0.717, 1.165) is 30.7 Å². The van der Waals surface area contributed by atoms with Gasteiger partial charge < -0.3 is 10.2 Å². The third kappa shape index (κ3) is 4.47. The summed E-state index contributed by atoms with van der Waals surface area (Å²) in [7, 11) is 0. The lowest BCUT2D eigenvalue weighted by atomic mass is 10.0. The normalized spacial score (nSPS) is 16.9. The number of likely N-dealkylation sites (tertiary alicyclic amines) is 1. The van der Waals surface area contributed by atoms with Crippen LogP contribution in [-0.4, -0.2) is 35.6 Å². The molecule has 3 rings (SSSR count). The van der Waals surface area contributed by atoms with Crippen LogP contribution in [0.4, 0.5) is 5.69 Å². The number of para-hydroxylation sites is 1. The van der Waals surface area contributed by atoms with Crippen molar-refractivity contribution in [2.45, 2.75) is 37.1 Å². The topological polar surface area (TPSA) is 49.4 Å². The number of anilines is 1. The first-order chi connectivity index (χ1) is 13.0. The minimum atomic E-state index is -0.317. The molecule has 1 unspecified atom stereocenters. The molecule has 1 fully saturated rings. The van der Waals surface area contributed by atoms with E-state index in [1.54, 1.807) is 36.0 Å². The SMILES string of the molecule is CSc1ccc(Cl)c(C(=O)Nc2ccccc2C(=O)N2CCCCC2C)c1. The predicted molar refractivity (Wildman–Crippen MR) is 112 cm³/mol. The number of carbonyl (C=O) groups excluding carboxylic acids is 2. The van der Waals surface area contributed by atoms with Gasteiger partial charge in [-0.15, -0.1) is 11.8 Å². The van der Waals surface area contributed by atoms with Crippen molar-refractivity contribution in [3.05, 3.63) is 58.6 Å². The quantitative estimate of drug-likeness (QED) is 0.703. The molecule has 2 aromatic carbocycles. The summed E-state index contributed by atoms with van der Waals surface area (Å²) in [6.45, 7) is 2.83. The zero-order valence-electron chi connectivity index (χ0n) is 15.5. The first-order valence-electron chi connectivity index (χ1n) is 9.06. The van der Waals surface area contributed by atoms with Gasteiger partial charge in [0.05, 0.1) is 21.8 Å². The molecule has 0 aromatic heterocycles. The second kappa shape index (κ2) is 8.81. The fourth-order valence-corrected chi connectivity index (χ4v) is 3.97. The molecule has 1 saturated heterocycles. The highest BCUT2D eigenvalue weighted by molar-refractivity contribution is 7.98. The predicted octanol–water partition coefficient (Wildman–Crippen LogP) is 5.33. The van der Waals surface area contributed by atoms with Crippen LogP contribution in [0.25, 0.3) is 0 Å². The Morgan fingerprint density at radius 3 is 2.67 bits per heavy atom. The van der Waals surface area contributed by atoms with E-state index in [0.29, 0.717) is 21.8 Å². The Morgan fingerprint density at radius 2 is 1.93 bits per heavy atom. The van der Waals surface area contributed by atoms with E-state index in [-0.39, 0.29) is 17.9 Å². The molecule has 2 amide bonds. The second-order valence-electron chi connectivity index (χ2n) is 6.69. The third-order valence-corrected chi connectivity index (χ3v) is 5.94. The van der Waals surface area contributed by atoms with Crippen molar-refractivity contribution in [3.8, 4) is 0 Å². The molecule has 6 heteroatoms. The molecule has 1 aliphatic heterocycles. The third-order valence-electron chi connectivity index (χ3n) is 4.89. The molecule has 0 aliphatic carbocycles. The molecular formula is C21H23ClN2O2S. The van der Waals surface area contributed by atoms with Gasteiger partial charge in [-0.3, -0.25) is 9.59 Å². The smallest absolute Gasteiger partial charge is 0.257 e. The van der Waals surface area contributed by atoms with E-state index in [9.17, 15) is 9.59 Å². The molecule has 1 heterocycles. The van der Waals surface area contributed by atoms with Crippen molar-refractivity contribution < 1.29 is 9.59 Å². The van der Waals surface area contributed by atoms with E-state index in [2.05, 4.69) is 12.2 Å². The number of nitrogens with one attached hydrogen (secondary N) is 1. The van der Waals surface area contributed by atoms with E-state index < -0.39 is 0 Å². The average Bonchev–Trinajstić information content (AvgIpc) is 2.68. The number of hydrogen-bond acceptors (Lipinski definition) is 3. The maximum Gasteiger partial charge on any atom is 0.257 e. The number of rotatable bonds is 4. The summed E-state index contributed by atoms with van der Waals surface area (Å²) < 4.78 is 0. The fourth-order valence-electron chi connectivity index (χ4n) is 3.33. The number of benzene rings is 2. The summed E-state index contributed by atoms with van der Waals surface area (Å²) >= 11 is 7.76. The number of halogens is 1. The van der Waals surface area contributed by atoms with Gasteiger partial charge in [-0.1, -0.05) is 23.7 Å². The molecule has 0 radical (unpaired) electrons. The largest absolute Gasteiger partial charge is 0.336 e. The van der Waals surface area contributed by atoms with Gasteiger partial charge in [-0.2, -0.15) is 0 Å². The van der Waals surface area contributed by atoms with Crippen LogP contribution in [0.15, 0.2) is 47.4 Å². The Hall–Kier alpha value is -1.98. The highest BCUT2D eigenvalue weighted by atomic mass is 35.5. The zero-order valence-corrected chi connectivity index (χ0v) is 17.1. The maximum absolute atomic E-state index is 13.1. The molecular weight excluding hydrogens is 380 g/mol. The Morgan fingerprint density at radius 1 is 1.15 bits per heavy atom. The van der Waals surface area contributed by atoms with Crippen LogP contribution in [0.2, 0.25) is 5.02 Å². The molecule has 0 bridgehead atoms. The van der Waals surface area contributed by atoms with Crippen LogP contribution < -0.4 is 5.32 Å². The van der Waals surface area contributed by atoms with Crippen LogP contribution in [0.3, 0.4) is 0 Å². The van der Waals surface area contributed by atoms with Gasteiger partial charge in [0.15, 0.2) is 0 Å². The van der Waals surface area contributed by atoms with Crippen LogP contribution in [0.5, 0.6) is 0 Å². The van der Waals surface area contributed by atoms with Gasteiger partial charge >= 0.3 is 0 Å². The van der Waals surface area contributed by atoms with Crippen molar-refractivity contribution in [1.29, 1.82) is 0 Å². The first kappa shape index (κ1) is 19.8. The monoisotopic (exact) mass is 402 g/mol. The summed E-state index contributed by atoms with van der Waals surface area (Å²) in [6.07, 6.45) is 5.12. The first-order valence-corrected chi connectivity index (χ1v) is 10.7. The van der Waals surface area contributed by atoms with Gasteiger partial charge in [0.1, 0.15) is 0 Å². The minimum absolute atomic E-state index is 0.0398. The number of thioether (sulfide) groups is 1. The lowest BCUT2D eigenvalue weighted by Crippen LogP contribution is -2.42. The summed E-state index contributed by atoms with van der Waals surface area (Å²) in [6, 6.07) is 12.7. The van der Waals surface area contributed by atoms with E-state index >= 15 is 0 Å². The molecule has 1 atom stereocenters. The van der Waals surface area contributed by atoms with Crippen LogP contribution >= 0.6 is 23.4 Å².